The Kier molecular flexibility index (Phi) is 3.47. The predicted molar refractivity (Wildman–Crippen MR) is 81.6 cm³/mol. The molecule has 2 aromatic carbocycles. The maximum absolute atomic E-state index is 12.9. The molecule has 0 radical (unpaired) electrons. The van der Waals surface area contributed by atoms with Crippen molar-refractivity contribution in [2.45, 2.75) is 6.92 Å². The zero-order valence-corrected chi connectivity index (χ0v) is 11.7. The Bertz CT molecular complexity index is 913. The number of carbonyl (C=O) groups excluding carboxylic acids is 1. The van der Waals surface area contributed by atoms with Crippen molar-refractivity contribution in [3.05, 3.63) is 75.9 Å². The van der Waals surface area contributed by atoms with Crippen molar-refractivity contribution < 1.29 is 13.6 Å². The quantitative estimate of drug-likeness (QED) is 0.737. The van der Waals surface area contributed by atoms with E-state index in [1.165, 1.54) is 30.3 Å². The second kappa shape index (κ2) is 5.44. The molecule has 1 N–H and O–H groups in total. The summed E-state index contributed by atoms with van der Waals surface area (Å²) in [6.45, 7) is 1.82. The summed E-state index contributed by atoms with van der Waals surface area (Å²) in [4.78, 5) is 23.5. The van der Waals surface area contributed by atoms with Gasteiger partial charge in [-0.2, -0.15) is 0 Å². The molecule has 3 aromatic rings. The second-order valence-electron chi connectivity index (χ2n) is 4.92. The predicted octanol–water partition coefficient (Wildman–Crippen LogP) is 3.49. The average molecular weight is 297 g/mol. The van der Waals surface area contributed by atoms with Crippen LogP contribution in [0.4, 0.5) is 10.1 Å². The highest BCUT2D eigenvalue weighted by molar-refractivity contribution is 6.05. The van der Waals surface area contributed by atoms with Crippen LogP contribution >= 0.6 is 0 Å². The van der Waals surface area contributed by atoms with Gasteiger partial charge in [0.15, 0.2) is 0 Å². The molecule has 0 spiro atoms. The van der Waals surface area contributed by atoms with Crippen molar-refractivity contribution in [1.82, 2.24) is 0 Å². The van der Waals surface area contributed by atoms with Crippen molar-refractivity contribution in [1.29, 1.82) is 0 Å². The molecule has 1 heterocycles. The van der Waals surface area contributed by atoms with Crippen LogP contribution in [0.5, 0.6) is 0 Å². The SMILES string of the molecule is Cc1cc(=O)oc2cc(NC(=O)c3ccc(F)cc3)ccc12. The maximum atomic E-state index is 12.9. The summed E-state index contributed by atoms with van der Waals surface area (Å²) in [7, 11) is 0. The van der Waals surface area contributed by atoms with E-state index in [9.17, 15) is 14.0 Å². The van der Waals surface area contributed by atoms with Crippen molar-refractivity contribution in [2.24, 2.45) is 0 Å². The van der Waals surface area contributed by atoms with Gasteiger partial charge >= 0.3 is 5.63 Å². The van der Waals surface area contributed by atoms with Gasteiger partial charge in [-0.25, -0.2) is 9.18 Å². The van der Waals surface area contributed by atoms with Crippen molar-refractivity contribution in [3.63, 3.8) is 0 Å². The molecule has 0 unspecified atom stereocenters. The number of amides is 1. The molecule has 0 atom stereocenters. The average Bonchev–Trinajstić information content (AvgIpc) is 2.47. The van der Waals surface area contributed by atoms with Gasteiger partial charge in [0.2, 0.25) is 0 Å². The van der Waals surface area contributed by atoms with E-state index < -0.39 is 11.4 Å². The fourth-order valence-electron chi connectivity index (χ4n) is 2.21. The Morgan fingerprint density at radius 2 is 1.82 bits per heavy atom. The Labute approximate surface area is 125 Å². The molecule has 5 heteroatoms. The van der Waals surface area contributed by atoms with Crippen LogP contribution in [0.15, 0.2) is 57.7 Å². The van der Waals surface area contributed by atoms with E-state index in [-0.39, 0.29) is 5.91 Å². The highest BCUT2D eigenvalue weighted by Gasteiger charge is 2.08. The zero-order chi connectivity index (χ0) is 15.7. The molecule has 0 saturated carbocycles. The van der Waals surface area contributed by atoms with E-state index in [4.69, 9.17) is 4.42 Å². The van der Waals surface area contributed by atoms with Crippen molar-refractivity contribution >= 4 is 22.6 Å². The summed E-state index contributed by atoms with van der Waals surface area (Å²) in [5.74, 6) is -0.770. The Morgan fingerprint density at radius 3 is 2.55 bits per heavy atom. The lowest BCUT2D eigenvalue weighted by Gasteiger charge is -2.07. The summed E-state index contributed by atoms with van der Waals surface area (Å²) in [5, 5.41) is 3.49. The normalized spacial score (nSPS) is 10.6. The third kappa shape index (κ3) is 2.74. The number of nitrogens with one attached hydrogen (secondary N) is 1. The number of benzene rings is 2. The van der Waals surface area contributed by atoms with Crippen LogP contribution in [0.25, 0.3) is 11.0 Å². The molecule has 0 aliphatic carbocycles. The second-order valence-corrected chi connectivity index (χ2v) is 4.92. The summed E-state index contributed by atoms with van der Waals surface area (Å²) in [5.41, 5.74) is 1.61. The van der Waals surface area contributed by atoms with Crippen LogP contribution in [-0.4, -0.2) is 5.91 Å². The van der Waals surface area contributed by atoms with Gasteiger partial charge in [0.05, 0.1) is 0 Å². The minimum Gasteiger partial charge on any atom is -0.423 e. The molecular formula is C17H12FNO3. The number of hydrogen-bond donors (Lipinski definition) is 1. The molecule has 4 nitrogen and oxygen atoms in total. The Morgan fingerprint density at radius 1 is 1.09 bits per heavy atom. The van der Waals surface area contributed by atoms with Crippen LogP contribution in [-0.2, 0) is 0 Å². The zero-order valence-electron chi connectivity index (χ0n) is 11.7. The van der Waals surface area contributed by atoms with Crippen LogP contribution in [0.2, 0.25) is 0 Å². The summed E-state index contributed by atoms with van der Waals surface area (Å²) in [6.07, 6.45) is 0. The molecule has 22 heavy (non-hydrogen) atoms. The molecule has 0 bridgehead atoms. The number of rotatable bonds is 2. The molecule has 0 aliphatic heterocycles. The number of halogens is 1. The first-order valence-corrected chi connectivity index (χ1v) is 6.64. The number of carbonyl (C=O) groups is 1. The Balaban J connectivity index is 1.92. The van der Waals surface area contributed by atoms with Crippen LogP contribution in [0, 0.1) is 12.7 Å². The first kappa shape index (κ1) is 14.0. The molecular weight excluding hydrogens is 285 g/mol. The summed E-state index contributed by atoms with van der Waals surface area (Å²) in [6, 6.07) is 11.7. The van der Waals surface area contributed by atoms with Gasteiger partial charge in [0.25, 0.3) is 5.91 Å². The topological polar surface area (TPSA) is 59.3 Å². The molecule has 0 aliphatic rings. The van der Waals surface area contributed by atoms with Gasteiger partial charge in [-0.15, -0.1) is 0 Å². The van der Waals surface area contributed by atoms with Gasteiger partial charge in [-0.3, -0.25) is 4.79 Å². The van der Waals surface area contributed by atoms with E-state index in [1.54, 1.807) is 18.2 Å². The largest absolute Gasteiger partial charge is 0.423 e. The lowest BCUT2D eigenvalue weighted by molar-refractivity contribution is 0.102. The van der Waals surface area contributed by atoms with E-state index in [2.05, 4.69) is 5.32 Å². The van der Waals surface area contributed by atoms with Gasteiger partial charge in [0, 0.05) is 28.8 Å². The molecule has 1 amide bonds. The number of anilines is 1. The summed E-state index contributed by atoms with van der Waals surface area (Å²) < 4.78 is 18.0. The van der Waals surface area contributed by atoms with E-state index in [1.807, 2.05) is 6.92 Å². The molecule has 0 saturated heterocycles. The van der Waals surface area contributed by atoms with Crippen molar-refractivity contribution in [2.75, 3.05) is 5.32 Å². The van der Waals surface area contributed by atoms with Crippen LogP contribution in [0.1, 0.15) is 15.9 Å². The van der Waals surface area contributed by atoms with E-state index in [0.717, 1.165) is 10.9 Å². The van der Waals surface area contributed by atoms with Crippen LogP contribution < -0.4 is 10.9 Å². The van der Waals surface area contributed by atoms with Gasteiger partial charge < -0.3 is 9.73 Å². The smallest absolute Gasteiger partial charge is 0.336 e. The van der Waals surface area contributed by atoms with Gasteiger partial charge in [0.1, 0.15) is 11.4 Å². The van der Waals surface area contributed by atoms with Crippen LogP contribution in [0.3, 0.4) is 0 Å². The first-order valence-electron chi connectivity index (χ1n) is 6.64. The highest BCUT2D eigenvalue weighted by atomic mass is 19.1. The number of hydrogen-bond acceptors (Lipinski definition) is 3. The van der Waals surface area contributed by atoms with E-state index >= 15 is 0 Å². The van der Waals surface area contributed by atoms with Crippen molar-refractivity contribution in [3.8, 4) is 0 Å². The molecule has 110 valence electrons. The number of fused-ring (bicyclic) bond motifs is 1. The minimum atomic E-state index is -0.438. The van der Waals surface area contributed by atoms with Gasteiger partial charge in [-0.05, 0) is 48.9 Å². The monoisotopic (exact) mass is 297 g/mol. The molecule has 1 aromatic heterocycles. The lowest BCUT2D eigenvalue weighted by Crippen LogP contribution is -2.11. The fourth-order valence-corrected chi connectivity index (χ4v) is 2.21. The molecule has 3 rings (SSSR count). The summed E-state index contributed by atoms with van der Waals surface area (Å²) >= 11 is 0. The standard InChI is InChI=1S/C17H12FNO3/c1-10-8-16(20)22-15-9-13(6-7-14(10)15)19-17(21)11-2-4-12(18)5-3-11/h2-9H,1H3,(H,19,21). The Hall–Kier alpha value is -2.95. The highest BCUT2D eigenvalue weighted by Crippen LogP contribution is 2.21. The third-order valence-electron chi connectivity index (χ3n) is 3.32. The van der Waals surface area contributed by atoms with E-state index in [0.29, 0.717) is 16.8 Å². The minimum absolute atomic E-state index is 0.340. The first-order chi connectivity index (χ1) is 10.5. The maximum Gasteiger partial charge on any atom is 0.336 e. The lowest BCUT2D eigenvalue weighted by atomic mass is 10.1. The fraction of sp³-hybridized carbons (Fsp3) is 0.0588. The molecule has 0 fully saturated rings. The third-order valence-corrected chi connectivity index (χ3v) is 3.32. The van der Waals surface area contributed by atoms with Gasteiger partial charge in [-0.1, -0.05) is 0 Å². The number of aryl methyl sites for hydroxylation is 1.